The van der Waals surface area contributed by atoms with E-state index in [1.54, 1.807) is 6.26 Å². The summed E-state index contributed by atoms with van der Waals surface area (Å²) in [6, 6.07) is -3.72. The fraction of sp³-hybridized carbons (Fsp3) is 0.750. The van der Waals surface area contributed by atoms with Crippen molar-refractivity contribution >= 4 is 29.5 Å². The molecule has 0 aliphatic carbocycles. The minimum absolute atomic E-state index is 0.207. The summed E-state index contributed by atoms with van der Waals surface area (Å²) in [6.45, 7) is 0.651. The molecule has 0 heterocycles. The maximum atomic E-state index is 12.0. The number of rotatable bonds is 10. The molecule has 0 aliphatic rings. The fourth-order valence-corrected chi connectivity index (χ4v) is 1.97. The zero-order chi connectivity index (χ0) is 17.3. The smallest absolute Gasteiger partial charge is 0.326 e. The van der Waals surface area contributed by atoms with Crippen molar-refractivity contribution in [1.29, 1.82) is 0 Å². The Hall–Kier alpha value is -1.36. The van der Waals surface area contributed by atoms with Crippen molar-refractivity contribution < 1.29 is 29.7 Å². The predicted octanol–water partition coefficient (Wildman–Crippen LogP) is -2.51. The number of hydrogen-bond donors (Lipinski definition) is 6. The van der Waals surface area contributed by atoms with Crippen molar-refractivity contribution in [3.8, 4) is 0 Å². The van der Waals surface area contributed by atoms with Crippen LogP contribution in [0.25, 0.3) is 0 Å². The van der Waals surface area contributed by atoms with Crippen molar-refractivity contribution in [3.63, 3.8) is 0 Å². The van der Waals surface area contributed by atoms with Crippen molar-refractivity contribution in [1.82, 2.24) is 10.6 Å². The first-order valence-electron chi connectivity index (χ1n) is 6.61. The van der Waals surface area contributed by atoms with Gasteiger partial charge < -0.3 is 31.7 Å². The maximum absolute atomic E-state index is 12.0. The van der Waals surface area contributed by atoms with E-state index >= 15 is 0 Å². The molecule has 10 heteroatoms. The van der Waals surface area contributed by atoms with Gasteiger partial charge in [0.05, 0.1) is 12.7 Å². The molecular weight excluding hydrogens is 314 g/mol. The second kappa shape index (κ2) is 10.4. The van der Waals surface area contributed by atoms with Crippen LogP contribution in [0.4, 0.5) is 0 Å². The van der Waals surface area contributed by atoms with Crippen molar-refractivity contribution in [2.45, 2.75) is 37.6 Å². The van der Waals surface area contributed by atoms with E-state index in [0.717, 1.165) is 0 Å². The number of carbonyl (C=O) groups is 3. The molecule has 0 saturated carbocycles. The lowest BCUT2D eigenvalue weighted by atomic mass is 10.1. The molecule has 22 heavy (non-hydrogen) atoms. The zero-order valence-corrected chi connectivity index (χ0v) is 13.3. The Morgan fingerprint density at radius 1 is 1.23 bits per heavy atom. The third-order valence-electron chi connectivity index (χ3n) is 2.82. The molecule has 7 N–H and O–H groups in total. The molecule has 9 nitrogen and oxygen atoms in total. The lowest BCUT2D eigenvalue weighted by Crippen LogP contribution is -2.58. The number of hydrogen-bond acceptors (Lipinski definition) is 7. The van der Waals surface area contributed by atoms with Crippen LogP contribution in [0.3, 0.4) is 0 Å². The Morgan fingerprint density at radius 2 is 1.82 bits per heavy atom. The van der Waals surface area contributed by atoms with Crippen LogP contribution in [-0.4, -0.2) is 75.9 Å². The molecule has 0 saturated heterocycles. The summed E-state index contributed by atoms with van der Waals surface area (Å²) < 4.78 is 0. The highest BCUT2D eigenvalue weighted by Crippen LogP contribution is 2.03. The monoisotopic (exact) mass is 337 g/mol. The number of nitrogens with two attached hydrogens (primary N) is 1. The second-order valence-electron chi connectivity index (χ2n) is 4.70. The van der Waals surface area contributed by atoms with Gasteiger partial charge in [0.1, 0.15) is 18.1 Å². The van der Waals surface area contributed by atoms with Crippen molar-refractivity contribution in [3.05, 3.63) is 0 Å². The largest absolute Gasteiger partial charge is 0.480 e. The normalized spacial score (nSPS) is 16.2. The fourth-order valence-electron chi connectivity index (χ4n) is 1.50. The molecule has 0 fully saturated rings. The summed E-state index contributed by atoms with van der Waals surface area (Å²) >= 11 is 1.43. The zero-order valence-electron chi connectivity index (χ0n) is 12.5. The molecule has 4 atom stereocenters. The van der Waals surface area contributed by atoms with Crippen LogP contribution in [-0.2, 0) is 14.4 Å². The van der Waals surface area contributed by atoms with Crippen LogP contribution in [0.5, 0.6) is 0 Å². The summed E-state index contributed by atoms with van der Waals surface area (Å²) in [5.74, 6) is -2.33. The Morgan fingerprint density at radius 3 is 2.23 bits per heavy atom. The maximum Gasteiger partial charge on any atom is 0.326 e. The molecule has 0 aromatic rings. The predicted molar refractivity (Wildman–Crippen MR) is 81.2 cm³/mol. The van der Waals surface area contributed by atoms with Gasteiger partial charge in [0.25, 0.3) is 0 Å². The van der Waals surface area contributed by atoms with Crippen LogP contribution >= 0.6 is 11.8 Å². The topological polar surface area (TPSA) is 162 Å². The molecule has 0 radical (unpaired) electrons. The van der Waals surface area contributed by atoms with Crippen molar-refractivity contribution in [2.24, 2.45) is 5.73 Å². The van der Waals surface area contributed by atoms with Crippen LogP contribution in [0, 0.1) is 0 Å². The number of nitrogens with one attached hydrogen (secondary N) is 2. The first kappa shape index (κ1) is 20.6. The van der Waals surface area contributed by atoms with Crippen LogP contribution in [0.2, 0.25) is 0 Å². The van der Waals surface area contributed by atoms with Crippen LogP contribution in [0.1, 0.15) is 13.3 Å². The summed E-state index contributed by atoms with van der Waals surface area (Å²) in [7, 11) is 0. The Balaban J connectivity index is 4.83. The van der Waals surface area contributed by atoms with Gasteiger partial charge in [0.15, 0.2) is 0 Å². The molecular formula is C12H23N3O6S. The number of aliphatic hydroxyl groups is 2. The average molecular weight is 337 g/mol. The third kappa shape index (κ3) is 7.07. The van der Waals surface area contributed by atoms with Gasteiger partial charge in [0, 0.05) is 0 Å². The number of carboxylic acids is 1. The lowest BCUT2D eigenvalue weighted by molar-refractivity contribution is -0.143. The minimum atomic E-state index is -1.36. The van der Waals surface area contributed by atoms with Crippen LogP contribution < -0.4 is 16.4 Å². The third-order valence-corrected chi connectivity index (χ3v) is 3.47. The molecule has 0 bridgehead atoms. The first-order chi connectivity index (χ1) is 10.2. The number of aliphatic hydroxyl groups excluding tert-OH is 2. The standard InChI is InChI=1S/C12H23N3O6S/c1-6(17)9(15-10(18)7(13)5-16)11(19)14-8(12(20)21)3-4-22-2/h6-9,16-17H,3-5,13H2,1-2H3,(H,14,19)(H,15,18)(H,20,21). The van der Waals surface area contributed by atoms with E-state index in [1.807, 2.05) is 0 Å². The Kier molecular flexibility index (Phi) is 9.74. The van der Waals surface area contributed by atoms with E-state index in [0.29, 0.717) is 5.75 Å². The quantitative estimate of drug-likeness (QED) is 0.255. The first-order valence-corrected chi connectivity index (χ1v) is 8.01. The lowest BCUT2D eigenvalue weighted by Gasteiger charge is -2.24. The van der Waals surface area contributed by atoms with Gasteiger partial charge in [-0.15, -0.1) is 0 Å². The van der Waals surface area contributed by atoms with Crippen molar-refractivity contribution in [2.75, 3.05) is 18.6 Å². The number of carbonyl (C=O) groups excluding carboxylic acids is 2. The van der Waals surface area contributed by atoms with E-state index in [4.69, 9.17) is 15.9 Å². The SMILES string of the molecule is CSCCC(NC(=O)C(NC(=O)C(N)CO)C(C)O)C(=O)O. The summed E-state index contributed by atoms with van der Waals surface area (Å²) in [5, 5.41) is 31.9. The number of carboxylic acid groups (broad SMARTS) is 1. The number of thioether (sulfide) groups is 1. The van der Waals surface area contributed by atoms with Gasteiger partial charge in [0.2, 0.25) is 11.8 Å². The van der Waals surface area contributed by atoms with Gasteiger partial charge in [-0.25, -0.2) is 4.79 Å². The van der Waals surface area contributed by atoms with Gasteiger partial charge in [-0.1, -0.05) is 0 Å². The van der Waals surface area contributed by atoms with E-state index in [2.05, 4.69) is 10.6 Å². The van der Waals surface area contributed by atoms with Crippen LogP contribution in [0.15, 0.2) is 0 Å². The van der Waals surface area contributed by atoms with E-state index in [1.165, 1.54) is 18.7 Å². The minimum Gasteiger partial charge on any atom is -0.480 e. The Labute approximate surface area is 132 Å². The molecule has 0 aromatic carbocycles. The summed E-state index contributed by atoms with van der Waals surface area (Å²) in [6.07, 6.45) is 0.749. The molecule has 128 valence electrons. The van der Waals surface area contributed by atoms with E-state index in [-0.39, 0.29) is 6.42 Å². The van der Waals surface area contributed by atoms with Gasteiger partial charge in [-0.05, 0) is 25.4 Å². The molecule has 0 aliphatic heterocycles. The molecule has 0 spiro atoms. The number of aliphatic carboxylic acids is 1. The molecule has 4 unspecified atom stereocenters. The van der Waals surface area contributed by atoms with Gasteiger partial charge >= 0.3 is 5.97 Å². The highest BCUT2D eigenvalue weighted by atomic mass is 32.2. The number of amides is 2. The molecule has 2 amide bonds. The summed E-state index contributed by atoms with van der Waals surface area (Å²) in [5.41, 5.74) is 5.31. The average Bonchev–Trinajstić information content (AvgIpc) is 2.46. The summed E-state index contributed by atoms with van der Waals surface area (Å²) in [4.78, 5) is 34.7. The van der Waals surface area contributed by atoms with E-state index in [9.17, 15) is 19.5 Å². The molecule has 0 rings (SSSR count). The second-order valence-corrected chi connectivity index (χ2v) is 5.68. The van der Waals surface area contributed by atoms with Gasteiger partial charge in [-0.3, -0.25) is 9.59 Å². The highest BCUT2D eigenvalue weighted by Gasteiger charge is 2.30. The Bertz CT molecular complexity index is 393. The molecule has 0 aromatic heterocycles. The van der Waals surface area contributed by atoms with Gasteiger partial charge in [-0.2, -0.15) is 11.8 Å². The van der Waals surface area contributed by atoms with E-state index < -0.39 is 48.6 Å². The highest BCUT2D eigenvalue weighted by molar-refractivity contribution is 7.98.